The van der Waals surface area contributed by atoms with E-state index in [1.807, 2.05) is 0 Å². The van der Waals surface area contributed by atoms with Gasteiger partial charge in [-0.2, -0.15) is 0 Å². The molecule has 62 valence electrons. The van der Waals surface area contributed by atoms with Crippen molar-refractivity contribution in [1.82, 2.24) is 0 Å². The molecule has 1 aliphatic heterocycles. The molecule has 1 aliphatic rings. The second kappa shape index (κ2) is 2.27. The van der Waals surface area contributed by atoms with E-state index >= 15 is 0 Å². The Balaban J connectivity index is 2.64. The molecule has 0 aliphatic carbocycles. The number of nitrogens with zero attached hydrogens (tertiary/aromatic N) is 2. The summed E-state index contributed by atoms with van der Waals surface area (Å²) in [6.07, 6.45) is -1.66. The van der Waals surface area contributed by atoms with Gasteiger partial charge in [0.25, 0.3) is 0 Å². The number of carboxylic acid groups (broad SMARTS) is 1. The number of carbonyl (C=O) groups is 2. The number of carbonyl (C=O) groups excluding carboxylic acids is 1. The van der Waals surface area contributed by atoms with Crippen LogP contribution in [0.2, 0.25) is 0 Å². The van der Waals surface area contributed by atoms with Crippen molar-refractivity contribution in [1.29, 1.82) is 0 Å². The summed E-state index contributed by atoms with van der Waals surface area (Å²) in [7, 11) is -3.91. The minimum atomic E-state index is -3.91. The normalized spacial score (nSPS) is 26.2. The molecular formula is C2HAsBr2N2O4. The number of halogens is 2. The fourth-order valence-electron chi connectivity index (χ4n) is 0.273. The first-order valence-corrected chi connectivity index (χ1v) is 13.6. The molecule has 0 aromatic heterocycles. The number of ether oxygens (including phenoxy) is 1. The molecule has 6 nitrogen and oxygen atoms in total. The van der Waals surface area contributed by atoms with Gasteiger partial charge in [-0.05, 0) is 0 Å². The summed E-state index contributed by atoms with van der Waals surface area (Å²) < 4.78 is 9.73. The van der Waals surface area contributed by atoms with Crippen LogP contribution in [0.5, 0.6) is 0 Å². The summed E-state index contributed by atoms with van der Waals surface area (Å²) in [5, 5.41) is 8.05. The first kappa shape index (κ1) is 9.15. The van der Waals surface area contributed by atoms with Gasteiger partial charge in [0.05, 0.1) is 0 Å². The van der Waals surface area contributed by atoms with Crippen molar-refractivity contribution in [2.24, 2.45) is 8.06 Å². The van der Waals surface area contributed by atoms with E-state index in [-0.39, 0.29) is 0 Å². The quantitative estimate of drug-likeness (QED) is 0.445. The van der Waals surface area contributed by atoms with Gasteiger partial charge in [-0.3, -0.25) is 0 Å². The van der Waals surface area contributed by atoms with Crippen molar-refractivity contribution in [2.45, 2.75) is 0 Å². The summed E-state index contributed by atoms with van der Waals surface area (Å²) >= 11 is 5.82. The maximum absolute atomic E-state index is 10.9. The molecule has 9 heteroatoms. The van der Waals surface area contributed by atoms with E-state index in [2.05, 4.69) is 40.7 Å². The molecule has 0 unspecified atom stereocenters. The van der Waals surface area contributed by atoms with Gasteiger partial charge >= 0.3 is 75.4 Å². The van der Waals surface area contributed by atoms with E-state index in [4.69, 9.17) is 5.11 Å². The standard InChI is InChI=1S/C2HAsBr2N2O4/c4-3(5,6-7-3)1(8)11-2(9)10/h(H,9,10). The molecule has 0 fully saturated rings. The van der Waals surface area contributed by atoms with E-state index in [1.165, 1.54) is 0 Å². The molecule has 1 heterocycles. The molecule has 0 aromatic carbocycles. The van der Waals surface area contributed by atoms with Crippen molar-refractivity contribution < 1.29 is 19.4 Å². The van der Waals surface area contributed by atoms with Gasteiger partial charge in [-0.25, -0.2) is 0 Å². The van der Waals surface area contributed by atoms with Crippen LogP contribution in [0.3, 0.4) is 0 Å². The summed E-state index contributed by atoms with van der Waals surface area (Å²) in [5.74, 6) is 0. The van der Waals surface area contributed by atoms with Crippen LogP contribution in [-0.4, -0.2) is 25.2 Å². The summed E-state index contributed by atoms with van der Waals surface area (Å²) in [4.78, 5) is 20.7. The van der Waals surface area contributed by atoms with Crippen molar-refractivity contribution >= 4 is 47.9 Å². The zero-order valence-corrected chi connectivity index (χ0v) is 9.82. The molecular weight excluding hydrogens is 351 g/mol. The molecule has 0 saturated heterocycles. The van der Waals surface area contributed by atoms with Crippen LogP contribution in [0.1, 0.15) is 0 Å². The first-order chi connectivity index (χ1) is 4.83. The molecule has 1 N–H and O–H groups in total. The van der Waals surface area contributed by atoms with Gasteiger partial charge in [0.1, 0.15) is 0 Å². The Bertz CT molecular complexity index is 265. The summed E-state index contributed by atoms with van der Waals surface area (Å²) in [6.45, 7) is 0. The zero-order valence-electron chi connectivity index (χ0n) is 4.77. The van der Waals surface area contributed by atoms with Gasteiger partial charge in [-0.15, -0.1) is 0 Å². The summed E-state index contributed by atoms with van der Waals surface area (Å²) in [5.41, 5.74) is 0. The maximum atomic E-state index is 10.9. The molecule has 0 amide bonds. The van der Waals surface area contributed by atoms with Gasteiger partial charge in [0.2, 0.25) is 0 Å². The van der Waals surface area contributed by atoms with Crippen LogP contribution in [0, 0.1) is 0 Å². The molecule has 0 saturated carbocycles. The number of hydrogen-bond donors (Lipinski definition) is 1. The van der Waals surface area contributed by atoms with Crippen LogP contribution in [0.25, 0.3) is 0 Å². The third-order valence-corrected chi connectivity index (χ3v) is 9.52. The van der Waals surface area contributed by atoms with Gasteiger partial charge in [0.15, 0.2) is 0 Å². The van der Waals surface area contributed by atoms with Crippen LogP contribution in [-0.2, 0) is 4.74 Å². The van der Waals surface area contributed by atoms with Gasteiger partial charge < -0.3 is 0 Å². The monoisotopic (exact) mass is 350 g/mol. The Hall–Kier alpha value is 0.0584. The molecule has 0 radical (unpaired) electrons. The SMILES string of the molecule is O=C(O)OC(=O)[As]1(Br)(Br)N=N1. The minimum absolute atomic E-state index is 0.962. The Kier molecular flexibility index (Phi) is 1.89. The Labute approximate surface area is 75.2 Å². The zero-order chi connectivity index (χ0) is 8.72. The predicted molar refractivity (Wildman–Crippen MR) is 43.0 cm³/mol. The Morgan fingerprint density at radius 2 is 1.82 bits per heavy atom. The van der Waals surface area contributed by atoms with E-state index in [0.29, 0.717) is 0 Å². The second-order valence-electron chi connectivity index (χ2n) is 1.64. The van der Waals surface area contributed by atoms with Crippen molar-refractivity contribution in [3.05, 3.63) is 0 Å². The predicted octanol–water partition coefficient (Wildman–Crippen LogP) is 2.03. The number of hydrogen-bond acceptors (Lipinski definition) is 5. The van der Waals surface area contributed by atoms with Crippen LogP contribution in [0.4, 0.5) is 9.59 Å². The van der Waals surface area contributed by atoms with Crippen LogP contribution in [0.15, 0.2) is 8.06 Å². The van der Waals surface area contributed by atoms with Crippen molar-refractivity contribution in [3.8, 4) is 0 Å². The molecule has 0 spiro atoms. The average Bonchev–Trinajstić information content (AvgIpc) is 2.43. The summed E-state index contributed by atoms with van der Waals surface area (Å²) in [6, 6.07) is 0. The fraction of sp³-hybridized carbons (Fsp3) is 0. The topological polar surface area (TPSA) is 88.3 Å². The third kappa shape index (κ3) is 1.80. The van der Waals surface area contributed by atoms with E-state index in [0.717, 1.165) is 0 Å². The van der Waals surface area contributed by atoms with Crippen molar-refractivity contribution in [3.63, 3.8) is 0 Å². The molecule has 11 heavy (non-hydrogen) atoms. The third-order valence-electron chi connectivity index (χ3n) is 0.790. The Morgan fingerprint density at radius 1 is 1.36 bits per heavy atom. The van der Waals surface area contributed by atoms with E-state index in [9.17, 15) is 9.59 Å². The Morgan fingerprint density at radius 3 is 2.09 bits per heavy atom. The van der Waals surface area contributed by atoms with Crippen molar-refractivity contribution in [2.75, 3.05) is 0 Å². The van der Waals surface area contributed by atoms with E-state index < -0.39 is 20.1 Å². The fourth-order valence-corrected chi connectivity index (χ4v) is 6.54. The molecule has 1 rings (SSSR count). The molecule has 0 atom stereocenters. The van der Waals surface area contributed by atoms with Gasteiger partial charge in [-0.1, -0.05) is 0 Å². The van der Waals surface area contributed by atoms with Crippen LogP contribution < -0.4 is 0 Å². The second-order valence-corrected chi connectivity index (χ2v) is 25.5. The first-order valence-electron chi connectivity index (χ1n) is 2.20. The van der Waals surface area contributed by atoms with E-state index in [1.54, 1.807) is 0 Å². The van der Waals surface area contributed by atoms with Crippen LogP contribution >= 0.6 is 27.9 Å². The van der Waals surface area contributed by atoms with Gasteiger partial charge in [0, 0.05) is 0 Å². The average molecular weight is 352 g/mol. The molecule has 0 bridgehead atoms. The number of rotatable bonds is 1. The molecule has 0 aromatic rings.